The summed E-state index contributed by atoms with van der Waals surface area (Å²) >= 11 is 6.15. The average molecular weight is 383 g/mol. The van der Waals surface area contributed by atoms with Crippen LogP contribution in [0.3, 0.4) is 0 Å². The molecule has 0 bridgehead atoms. The zero-order valence-corrected chi connectivity index (χ0v) is 15.9. The zero-order valence-electron chi connectivity index (χ0n) is 15.2. The number of carbonyl (C=O) groups excluding carboxylic acids is 2. The van der Waals surface area contributed by atoms with Crippen LogP contribution in [0.15, 0.2) is 54.6 Å². The summed E-state index contributed by atoms with van der Waals surface area (Å²) in [6, 6.07) is 17.7. The lowest BCUT2D eigenvalue weighted by Crippen LogP contribution is -2.51. The fraction of sp³-hybridized carbons (Fsp3) is 0.364. The second-order valence-electron chi connectivity index (χ2n) is 7.33. The molecule has 0 radical (unpaired) electrons. The Morgan fingerprint density at radius 1 is 0.889 bits per heavy atom. The summed E-state index contributed by atoms with van der Waals surface area (Å²) in [6.07, 6.45) is 1.25. The van der Waals surface area contributed by atoms with E-state index < -0.39 is 0 Å². The molecule has 1 aliphatic carbocycles. The minimum Gasteiger partial charge on any atom is -0.339 e. The molecule has 4 nitrogen and oxygen atoms in total. The maximum Gasteiger partial charge on any atom is 0.227 e. The van der Waals surface area contributed by atoms with Crippen molar-refractivity contribution in [2.45, 2.75) is 18.8 Å². The molecule has 2 aromatic rings. The second kappa shape index (κ2) is 7.73. The third-order valence-electron chi connectivity index (χ3n) is 5.58. The first-order chi connectivity index (χ1) is 13.1. The van der Waals surface area contributed by atoms with Gasteiger partial charge in [0.2, 0.25) is 11.8 Å². The molecule has 27 heavy (non-hydrogen) atoms. The molecule has 1 saturated carbocycles. The van der Waals surface area contributed by atoms with Crippen LogP contribution < -0.4 is 0 Å². The maximum absolute atomic E-state index is 12.8. The van der Waals surface area contributed by atoms with Crippen molar-refractivity contribution in [3.63, 3.8) is 0 Å². The van der Waals surface area contributed by atoms with E-state index in [-0.39, 0.29) is 17.7 Å². The Balaban J connectivity index is 1.28. The third kappa shape index (κ3) is 4.01. The van der Waals surface area contributed by atoms with Gasteiger partial charge in [-0.3, -0.25) is 9.59 Å². The monoisotopic (exact) mass is 382 g/mol. The summed E-state index contributed by atoms with van der Waals surface area (Å²) in [7, 11) is 0. The topological polar surface area (TPSA) is 40.6 Å². The molecule has 2 atom stereocenters. The normalized spacial score (nSPS) is 21.8. The van der Waals surface area contributed by atoms with Crippen LogP contribution in [-0.4, -0.2) is 47.8 Å². The van der Waals surface area contributed by atoms with Crippen molar-refractivity contribution < 1.29 is 9.59 Å². The molecule has 0 spiro atoms. The van der Waals surface area contributed by atoms with Gasteiger partial charge in [0, 0.05) is 37.1 Å². The van der Waals surface area contributed by atoms with Crippen molar-refractivity contribution in [2.75, 3.05) is 26.2 Å². The van der Waals surface area contributed by atoms with Gasteiger partial charge in [-0.2, -0.15) is 0 Å². The van der Waals surface area contributed by atoms with Crippen LogP contribution in [-0.2, 0) is 16.0 Å². The largest absolute Gasteiger partial charge is 0.339 e. The number of rotatable bonds is 4. The first-order valence-electron chi connectivity index (χ1n) is 9.48. The molecule has 4 rings (SSSR count). The van der Waals surface area contributed by atoms with Gasteiger partial charge in [0.15, 0.2) is 0 Å². The summed E-state index contributed by atoms with van der Waals surface area (Å²) in [5, 5.41) is 0.625. The highest BCUT2D eigenvalue weighted by Crippen LogP contribution is 2.48. The Hall–Kier alpha value is -2.33. The lowest BCUT2D eigenvalue weighted by atomic mass is 10.1. The SMILES string of the molecule is O=C(Cc1ccccc1Cl)N1CCN(C(=O)[C@H]2C[C@H]2c2ccccc2)CC1. The minimum absolute atomic E-state index is 0.0729. The quantitative estimate of drug-likeness (QED) is 0.813. The molecule has 0 aromatic heterocycles. The number of piperazine rings is 1. The molecule has 0 unspecified atom stereocenters. The van der Waals surface area contributed by atoms with Crippen molar-refractivity contribution in [2.24, 2.45) is 5.92 Å². The lowest BCUT2D eigenvalue weighted by molar-refractivity contribution is -0.140. The Morgan fingerprint density at radius 2 is 1.52 bits per heavy atom. The van der Waals surface area contributed by atoms with Crippen LogP contribution in [0.1, 0.15) is 23.5 Å². The van der Waals surface area contributed by atoms with E-state index in [0.717, 1.165) is 12.0 Å². The second-order valence-corrected chi connectivity index (χ2v) is 7.74. The summed E-state index contributed by atoms with van der Waals surface area (Å²) in [5.41, 5.74) is 2.11. The predicted octanol–water partition coefficient (Wildman–Crippen LogP) is 3.36. The van der Waals surface area contributed by atoms with E-state index >= 15 is 0 Å². The third-order valence-corrected chi connectivity index (χ3v) is 5.95. The van der Waals surface area contributed by atoms with Gasteiger partial charge in [-0.15, -0.1) is 0 Å². The van der Waals surface area contributed by atoms with Gasteiger partial charge >= 0.3 is 0 Å². The standard InChI is InChI=1S/C22H23ClN2O2/c23-20-9-5-4-8-17(20)14-21(26)24-10-12-25(13-11-24)22(27)19-15-18(19)16-6-2-1-3-7-16/h1-9,18-19H,10-15H2/t18-,19-/m0/s1. The van der Waals surface area contributed by atoms with Crippen LogP contribution >= 0.6 is 11.6 Å². The van der Waals surface area contributed by atoms with Crippen LogP contribution in [0.5, 0.6) is 0 Å². The Morgan fingerprint density at radius 3 is 2.22 bits per heavy atom. The molecular formula is C22H23ClN2O2. The molecule has 140 valence electrons. The van der Waals surface area contributed by atoms with Crippen LogP contribution in [0.4, 0.5) is 0 Å². The number of hydrogen-bond donors (Lipinski definition) is 0. The van der Waals surface area contributed by atoms with Crippen LogP contribution in [0, 0.1) is 5.92 Å². The summed E-state index contributed by atoms with van der Waals surface area (Å²) < 4.78 is 0. The Labute approximate surface area is 164 Å². The number of nitrogens with zero attached hydrogens (tertiary/aromatic N) is 2. The molecule has 1 saturated heterocycles. The van der Waals surface area contributed by atoms with Gasteiger partial charge in [0.05, 0.1) is 6.42 Å². The number of hydrogen-bond acceptors (Lipinski definition) is 2. The van der Waals surface area contributed by atoms with Crippen molar-refractivity contribution >= 4 is 23.4 Å². The highest BCUT2D eigenvalue weighted by molar-refractivity contribution is 6.31. The van der Waals surface area contributed by atoms with Gasteiger partial charge in [0.25, 0.3) is 0 Å². The van der Waals surface area contributed by atoms with Crippen molar-refractivity contribution in [1.29, 1.82) is 0 Å². The van der Waals surface area contributed by atoms with Crippen LogP contribution in [0.2, 0.25) is 5.02 Å². The Kier molecular flexibility index (Phi) is 5.17. The van der Waals surface area contributed by atoms with Gasteiger partial charge < -0.3 is 9.80 Å². The molecule has 5 heteroatoms. The highest BCUT2D eigenvalue weighted by atomic mass is 35.5. The molecule has 2 aromatic carbocycles. The van der Waals surface area contributed by atoms with Crippen molar-refractivity contribution in [1.82, 2.24) is 9.80 Å². The lowest BCUT2D eigenvalue weighted by Gasteiger charge is -2.35. The molecule has 1 heterocycles. The van der Waals surface area contributed by atoms with Crippen molar-refractivity contribution in [3.8, 4) is 0 Å². The Bertz CT molecular complexity index is 831. The van der Waals surface area contributed by atoms with Gasteiger partial charge in [-0.05, 0) is 29.5 Å². The van der Waals surface area contributed by atoms with E-state index in [1.807, 2.05) is 46.2 Å². The number of benzene rings is 2. The van der Waals surface area contributed by atoms with E-state index in [9.17, 15) is 9.59 Å². The van der Waals surface area contributed by atoms with Gasteiger partial charge in [-0.1, -0.05) is 60.1 Å². The van der Waals surface area contributed by atoms with Crippen molar-refractivity contribution in [3.05, 3.63) is 70.7 Å². The van der Waals surface area contributed by atoms with E-state index in [1.165, 1.54) is 5.56 Å². The fourth-order valence-corrected chi connectivity index (χ4v) is 4.07. The van der Waals surface area contributed by atoms with E-state index in [1.54, 1.807) is 6.07 Å². The first-order valence-corrected chi connectivity index (χ1v) is 9.86. The summed E-state index contributed by atoms with van der Waals surface area (Å²) in [6.45, 7) is 2.42. The molecular weight excluding hydrogens is 360 g/mol. The minimum atomic E-state index is 0.0729. The highest BCUT2D eigenvalue weighted by Gasteiger charge is 2.46. The van der Waals surface area contributed by atoms with Gasteiger partial charge in [-0.25, -0.2) is 0 Å². The van der Waals surface area contributed by atoms with E-state index in [0.29, 0.717) is 43.5 Å². The zero-order chi connectivity index (χ0) is 18.8. The fourth-order valence-electron chi connectivity index (χ4n) is 3.86. The van der Waals surface area contributed by atoms with Gasteiger partial charge in [0.1, 0.15) is 0 Å². The molecule has 0 N–H and O–H groups in total. The number of carbonyl (C=O) groups is 2. The summed E-state index contributed by atoms with van der Waals surface area (Å²) in [4.78, 5) is 29.1. The average Bonchev–Trinajstić information content (AvgIpc) is 3.51. The smallest absolute Gasteiger partial charge is 0.227 e. The molecule has 2 aliphatic rings. The van der Waals surface area contributed by atoms with Crippen LogP contribution in [0.25, 0.3) is 0 Å². The first kappa shape index (κ1) is 18.1. The molecule has 1 aliphatic heterocycles. The summed E-state index contributed by atoms with van der Waals surface area (Å²) in [5.74, 6) is 0.780. The van der Waals surface area contributed by atoms with E-state index in [4.69, 9.17) is 11.6 Å². The predicted molar refractivity (Wildman–Crippen MR) is 106 cm³/mol. The molecule has 2 fully saturated rings. The molecule has 2 amide bonds. The number of halogens is 1. The van der Waals surface area contributed by atoms with E-state index in [2.05, 4.69) is 12.1 Å². The number of amides is 2. The maximum atomic E-state index is 12.8.